The summed E-state index contributed by atoms with van der Waals surface area (Å²) in [6.45, 7) is 0.553. The molecular weight excluding hydrogens is 371 g/mol. The topological polar surface area (TPSA) is 78.9 Å². The average molecular weight is 394 g/mol. The maximum absolute atomic E-state index is 14.7. The molecule has 0 aromatic heterocycles. The molecule has 3 aliphatic rings. The van der Waals surface area contributed by atoms with E-state index >= 15 is 0 Å². The van der Waals surface area contributed by atoms with Gasteiger partial charge in [-0.3, -0.25) is 9.69 Å². The summed E-state index contributed by atoms with van der Waals surface area (Å²) in [7, 11) is 0. The molecule has 2 N–H and O–H groups in total. The fourth-order valence-corrected chi connectivity index (χ4v) is 4.68. The largest absolute Gasteiger partial charge is 0.442 e. The Hall–Kier alpha value is -1.80. The number of rotatable bonds is 5. The van der Waals surface area contributed by atoms with Crippen molar-refractivity contribution in [2.24, 2.45) is 5.92 Å². The van der Waals surface area contributed by atoms with Crippen LogP contribution in [0.5, 0.6) is 0 Å². The number of anilines is 1. The Balaban J connectivity index is 1.39. The molecule has 27 heavy (non-hydrogen) atoms. The van der Waals surface area contributed by atoms with Gasteiger partial charge in [-0.15, -0.1) is 11.8 Å². The van der Waals surface area contributed by atoms with Crippen LogP contribution in [-0.4, -0.2) is 47.5 Å². The summed E-state index contributed by atoms with van der Waals surface area (Å²) in [4.78, 5) is 25.3. The van der Waals surface area contributed by atoms with Crippen molar-refractivity contribution in [1.29, 1.82) is 0 Å². The summed E-state index contributed by atoms with van der Waals surface area (Å²) in [6.07, 6.45) is 2.24. The second-order valence-corrected chi connectivity index (χ2v) is 8.67. The van der Waals surface area contributed by atoms with E-state index in [1.165, 1.54) is 22.7 Å². The molecule has 2 aliphatic heterocycles. The van der Waals surface area contributed by atoms with Gasteiger partial charge in [0, 0.05) is 5.92 Å². The molecular formula is C19H23FN2O4S. The molecule has 0 bridgehead atoms. The normalized spacial score (nSPS) is 28.1. The third-order valence-corrected chi connectivity index (χ3v) is 6.37. The Labute approximate surface area is 161 Å². The minimum Gasteiger partial charge on any atom is -0.442 e. The van der Waals surface area contributed by atoms with Crippen LogP contribution in [0.25, 0.3) is 0 Å². The number of ether oxygens (including phenoxy) is 1. The van der Waals surface area contributed by atoms with E-state index in [-0.39, 0.29) is 36.6 Å². The molecule has 1 unspecified atom stereocenters. The first kappa shape index (κ1) is 18.6. The molecule has 3 atom stereocenters. The summed E-state index contributed by atoms with van der Waals surface area (Å²) < 4.78 is 20.0. The number of nitrogens with zero attached hydrogens (tertiary/aromatic N) is 1. The van der Waals surface area contributed by atoms with E-state index in [1.807, 2.05) is 0 Å². The summed E-state index contributed by atoms with van der Waals surface area (Å²) in [5.41, 5.74) is 0.574. The van der Waals surface area contributed by atoms with Crippen LogP contribution in [0.4, 0.5) is 14.9 Å². The number of amides is 2. The number of cyclic esters (lactones) is 1. The number of nitrogens with one attached hydrogen (secondary N) is 1. The van der Waals surface area contributed by atoms with Crippen molar-refractivity contribution in [2.45, 2.75) is 43.1 Å². The molecule has 1 saturated carbocycles. The Kier molecular flexibility index (Phi) is 5.27. The summed E-state index contributed by atoms with van der Waals surface area (Å²) in [5.74, 6) is 0.546. The van der Waals surface area contributed by atoms with Gasteiger partial charge in [0.25, 0.3) is 0 Å². The van der Waals surface area contributed by atoms with E-state index in [9.17, 15) is 19.1 Å². The van der Waals surface area contributed by atoms with Gasteiger partial charge in [0.15, 0.2) is 0 Å². The number of thioether (sulfide) groups is 1. The number of carbonyl (C=O) groups is 2. The van der Waals surface area contributed by atoms with E-state index in [4.69, 9.17) is 4.74 Å². The monoisotopic (exact) mass is 394 g/mol. The van der Waals surface area contributed by atoms with E-state index < -0.39 is 17.6 Å². The highest BCUT2D eigenvalue weighted by molar-refractivity contribution is 7.99. The van der Waals surface area contributed by atoms with Gasteiger partial charge >= 0.3 is 6.09 Å². The lowest BCUT2D eigenvalue weighted by molar-refractivity contribution is -0.122. The highest BCUT2D eigenvalue weighted by Crippen LogP contribution is 2.37. The second kappa shape index (κ2) is 7.67. The molecule has 146 valence electrons. The number of benzene rings is 1. The predicted molar refractivity (Wildman–Crippen MR) is 100 cm³/mol. The number of carbonyl (C=O) groups excluding carboxylic acids is 2. The van der Waals surface area contributed by atoms with E-state index in [1.54, 1.807) is 12.1 Å². The Bertz CT molecular complexity index is 742. The van der Waals surface area contributed by atoms with Gasteiger partial charge in [-0.05, 0) is 55.1 Å². The van der Waals surface area contributed by atoms with Crippen molar-refractivity contribution in [3.05, 3.63) is 29.6 Å². The molecule has 3 fully saturated rings. The highest BCUT2D eigenvalue weighted by atomic mass is 32.2. The zero-order chi connectivity index (χ0) is 19.0. The lowest BCUT2D eigenvalue weighted by atomic mass is 9.92. The Morgan fingerprint density at radius 1 is 1.37 bits per heavy atom. The molecule has 1 aromatic carbocycles. The molecule has 2 heterocycles. The molecule has 1 aliphatic carbocycles. The number of aliphatic hydroxyl groups is 1. The average Bonchev–Trinajstić information content (AvgIpc) is 3.42. The number of hydrogen-bond donors (Lipinski definition) is 2. The quantitative estimate of drug-likeness (QED) is 0.803. The third kappa shape index (κ3) is 4.21. The molecule has 6 nitrogen and oxygen atoms in total. The van der Waals surface area contributed by atoms with Crippen LogP contribution >= 0.6 is 11.8 Å². The summed E-state index contributed by atoms with van der Waals surface area (Å²) in [6, 6.07) is 4.78. The number of halogens is 1. The minimum absolute atomic E-state index is 0.00716. The first-order valence-electron chi connectivity index (χ1n) is 9.36. The lowest BCUT2D eigenvalue weighted by Crippen LogP contribution is -2.35. The van der Waals surface area contributed by atoms with Gasteiger partial charge in [0.2, 0.25) is 5.91 Å². The smallest absolute Gasteiger partial charge is 0.414 e. The van der Waals surface area contributed by atoms with Crippen molar-refractivity contribution in [2.75, 3.05) is 23.7 Å². The summed E-state index contributed by atoms with van der Waals surface area (Å²) in [5, 5.41) is 12.6. The standard InChI is InChI=1S/C19H23FN2O4S/c20-16-8-13(3-4-15(16)12-5-6-27-17(23)7-12)22-10-14(26-19(22)25)9-21-18(24)11-1-2-11/h3-4,8,11-12,14,17,23H,1-2,5-7,9-10H2,(H,21,24)/t12-,14?,17-/m0/s1. The van der Waals surface area contributed by atoms with Crippen LogP contribution in [0.15, 0.2) is 18.2 Å². The molecule has 0 spiro atoms. The fraction of sp³-hybridized carbons (Fsp3) is 0.579. The van der Waals surface area contributed by atoms with Crippen molar-refractivity contribution in [1.82, 2.24) is 5.32 Å². The van der Waals surface area contributed by atoms with Crippen molar-refractivity contribution in [3.8, 4) is 0 Å². The first-order chi connectivity index (χ1) is 13.0. The highest BCUT2D eigenvalue weighted by Gasteiger charge is 2.35. The van der Waals surface area contributed by atoms with Crippen LogP contribution in [0.3, 0.4) is 0 Å². The van der Waals surface area contributed by atoms with Crippen LogP contribution in [0, 0.1) is 11.7 Å². The zero-order valence-corrected chi connectivity index (χ0v) is 15.7. The molecule has 4 rings (SSSR count). The second-order valence-electron chi connectivity index (χ2n) is 7.39. The van der Waals surface area contributed by atoms with E-state index in [0.29, 0.717) is 17.7 Å². The Morgan fingerprint density at radius 3 is 2.89 bits per heavy atom. The van der Waals surface area contributed by atoms with Crippen molar-refractivity contribution < 1.29 is 23.8 Å². The molecule has 2 amide bonds. The van der Waals surface area contributed by atoms with Crippen molar-refractivity contribution in [3.63, 3.8) is 0 Å². The van der Waals surface area contributed by atoms with Crippen LogP contribution in [-0.2, 0) is 9.53 Å². The maximum Gasteiger partial charge on any atom is 0.414 e. The molecule has 8 heteroatoms. The van der Waals surface area contributed by atoms with Gasteiger partial charge in [-0.25, -0.2) is 9.18 Å². The zero-order valence-electron chi connectivity index (χ0n) is 14.9. The predicted octanol–water partition coefficient (Wildman–Crippen LogP) is 2.61. The first-order valence-corrected chi connectivity index (χ1v) is 10.4. The fourth-order valence-electron chi connectivity index (χ4n) is 3.62. The molecule has 0 radical (unpaired) electrons. The van der Waals surface area contributed by atoms with Crippen LogP contribution < -0.4 is 10.2 Å². The van der Waals surface area contributed by atoms with E-state index in [0.717, 1.165) is 25.0 Å². The van der Waals surface area contributed by atoms with Crippen LogP contribution in [0.1, 0.15) is 37.2 Å². The van der Waals surface area contributed by atoms with Gasteiger partial charge in [0.1, 0.15) is 11.9 Å². The van der Waals surface area contributed by atoms with Gasteiger partial charge in [-0.2, -0.15) is 0 Å². The van der Waals surface area contributed by atoms with Crippen molar-refractivity contribution >= 4 is 29.4 Å². The Morgan fingerprint density at radius 2 is 2.19 bits per heavy atom. The number of hydrogen-bond acceptors (Lipinski definition) is 5. The third-order valence-electron chi connectivity index (χ3n) is 5.32. The summed E-state index contributed by atoms with van der Waals surface area (Å²) >= 11 is 1.49. The number of aliphatic hydroxyl groups excluding tert-OH is 1. The van der Waals surface area contributed by atoms with E-state index in [2.05, 4.69) is 5.32 Å². The lowest BCUT2D eigenvalue weighted by Gasteiger charge is -2.26. The van der Waals surface area contributed by atoms with Gasteiger partial charge < -0.3 is 15.2 Å². The van der Waals surface area contributed by atoms with Gasteiger partial charge in [0.05, 0.1) is 24.2 Å². The maximum atomic E-state index is 14.7. The molecule has 1 aromatic rings. The van der Waals surface area contributed by atoms with Gasteiger partial charge in [-0.1, -0.05) is 6.07 Å². The SMILES string of the molecule is O=C(NCC1CN(c2ccc([C@H]3CCS[C@H](O)C3)c(F)c2)C(=O)O1)C1CC1. The minimum atomic E-state index is -0.530. The molecule has 2 saturated heterocycles. The van der Waals surface area contributed by atoms with Crippen LogP contribution in [0.2, 0.25) is 0 Å².